The summed E-state index contributed by atoms with van der Waals surface area (Å²) >= 11 is 4.24. The smallest absolute Gasteiger partial charge is 0.343 e. The van der Waals surface area contributed by atoms with E-state index in [9.17, 15) is 4.79 Å². The molecule has 0 heterocycles. The highest BCUT2D eigenvalue weighted by atomic mass is 32.1. The van der Waals surface area contributed by atoms with Crippen molar-refractivity contribution in [1.29, 1.82) is 0 Å². The molecule has 0 radical (unpaired) electrons. The van der Waals surface area contributed by atoms with Crippen LogP contribution < -0.4 is 4.74 Å². The monoisotopic (exact) mass is 426 g/mol. The van der Waals surface area contributed by atoms with E-state index in [-0.39, 0.29) is 5.97 Å². The summed E-state index contributed by atoms with van der Waals surface area (Å²) in [5.74, 6) is 0.762. The van der Waals surface area contributed by atoms with E-state index in [1.807, 2.05) is 12.1 Å². The van der Waals surface area contributed by atoms with Gasteiger partial charge in [-0.05, 0) is 80.0 Å². The Hall–Kier alpha value is -1.78. The van der Waals surface area contributed by atoms with Gasteiger partial charge in [0.05, 0.1) is 11.7 Å². The van der Waals surface area contributed by atoms with Crippen molar-refractivity contribution in [2.45, 2.75) is 81.6 Å². The van der Waals surface area contributed by atoms with Crippen molar-refractivity contribution in [1.82, 2.24) is 0 Å². The molecule has 0 unspecified atom stereocenters. The van der Waals surface area contributed by atoms with Crippen molar-refractivity contribution in [2.75, 3.05) is 6.61 Å². The normalized spacial score (nSPS) is 18.9. The quantitative estimate of drug-likeness (QED) is 0.189. The van der Waals surface area contributed by atoms with Crippen molar-refractivity contribution in [3.05, 3.63) is 59.7 Å². The van der Waals surface area contributed by atoms with E-state index in [0.717, 1.165) is 37.2 Å². The number of esters is 1. The molecule has 2 aromatic rings. The fraction of sp³-hybridized carbons (Fsp3) is 0.500. The zero-order valence-corrected chi connectivity index (χ0v) is 18.9. The van der Waals surface area contributed by atoms with Crippen LogP contribution in [0, 0.1) is 0 Å². The molecule has 30 heavy (non-hydrogen) atoms. The Morgan fingerprint density at radius 1 is 0.900 bits per heavy atom. The maximum absolute atomic E-state index is 12.4. The first-order valence-corrected chi connectivity index (χ1v) is 11.8. The van der Waals surface area contributed by atoms with Gasteiger partial charge in [0.2, 0.25) is 0 Å². The van der Waals surface area contributed by atoms with Crippen LogP contribution in [0.1, 0.15) is 86.6 Å². The highest BCUT2D eigenvalue weighted by Crippen LogP contribution is 2.34. The van der Waals surface area contributed by atoms with Crippen LogP contribution in [-0.4, -0.2) is 18.7 Å². The molecule has 1 fully saturated rings. The molecule has 0 amide bonds. The molecule has 2 aromatic carbocycles. The molecule has 3 rings (SSSR count). The Labute approximate surface area is 186 Å². The second-order valence-corrected chi connectivity index (χ2v) is 8.78. The third kappa shape index (κ3) is 7.17. The van der Waals surface area contributed by atoms with Gasteiger partial charge >= 0.3 is 5.97 Å². The number of carbonyl (C=O) groups excluding carboxylic acids is 1. The molecular formula is C26H34O3S. The van der Waals surface area contributed by atoms with Gasteiger partial charge in [-0.1, -0.05) is 44.7 Å². The van der Waals surface area contributed by atoms with Gasteiger partial charge in [0, 0.05) is 11.5 Å². The fourth-order valence-electron chi connectivity index (χ4n) is 4.09. The molecular weight excluding hydrogens is 392 g/mol. The topological polar surface area (TPSA) is 35.5 Å². The number of ether oxygens (including phenoxy) is 2. The van der Waals surface area contributed by atoms with E-state index in [4.69, 9.17) is 9.47 Å². The van der Waals surface area contributed by atoms with Crippen LogP contribution in [0.15, 0.2) is 53.4 Å². The summed E-state index contributed by atoms with van der Waals surface area (Å²) in [7, 11) is 0. The second kappa shape index (κ2) is 12.2. The standard InChI is InChI=1S/C26H34O3S/c1-2-3-4-5-6-19-28-23-13-11-21(12-14-23)20-7-9-22(10-8-20)26(27)29-24-15-17-25(30)18-16-24/h7-10,15-18,21,23,30H,2-6,11-14,19H2,1H3. The Morgan fingerprint density at radius 3 is 2.23 bits per heavy atom. The van der Waals surface area contributed by atoms with E-state index in [0.29, 0.717) is 23.3 Å². The van der Waals surface area contributed by atoms with Gasteiger partial charge in [0.1, 0.15) is 5.75 Å². The van der Waals surface area contributed by atoms with E-state index in [2.05, 4.69) is 31.7 Å². The van der Waals surface area contributed by atoms with E-state index >= 15 is 0 Å². The molecule has 0 atom stereocenters. The Bertz CT molecular complexity index is 762. The summed E-state index contributed by atoms with van der Waals surface area (Å²) in [4.78, 5) is 13.2. The molecule has 0 saturated heterocycles. The summed E-state index contributed by atoms with van der Waals surface area (Å²) in [5.41, 5.74) is 1.89. The lowest BCUT2D eigenvalue weighted by Crippen LogP contribution is -2.21. The molecule has 0 spiro atoms. The number of unbranched alkanes of at least 4 members (excludes halogenated alkanes) is 4. The SMILES string of the molecule is CCCCCCCOC1CCC(c2ccc(C(=O)Oc3ccc(S)cc3)cc2)CC1. The zero-order chi connectivity index (χ0) is 21.2. The van der Waals surface area contributed by atoms with Gasteiger partial charge in [-0.2, -0.15) is 0 Å². The maximum atomic E-state index is 12.4. The summed E-state index contributed by atoms with van der Waals surface area (Å²) in [6, 6.07) is 15.0. The van der Waals surface area contributed by atoms with Crippen LogP contribution in [0.2, 0.25) is 0 Å². The van der Waals surface area contributed by atoms with Crippen molar-refractivity contribution in [2.24, 2.45) is 0 Å². The molecule has 1 aliphatic rings. The summed E-state index contributed by atoms with van der Waals surface area (Å²) in [6.45, 7) is 3.16. The average Bonchev–Trinajstić information content (AvgIpc) is 2.78. The van der Waals surface area contributed by atoms with Gasteiger partial charge in [0.15, 0.2) is 0 Å². The first-order valence-electron chi connectivity index (χ1n) is 11.4. The molecule has 1 aliphatic carbocycles. The Balaban J connectivity index is 1.41. The van der Waals surface area contributed by atoms with Crippen LogP contribution in [0.3, 0.4) is 0 Å². The molecule has 0 aliphatic heterocycles. The van der Waals surface area contributed by atoms with Gasteiger partial charge in [-0.3, -0.25) is 0 Å². The maximum Gasteiger partial charge on any atom is 0.343 e. The largest absolute Gasteiger partial charge is 0.423 e. The summed E-state index contributed by atoms with van der Waals surface area (Å²) in [5, 5.41) is 0. The van der Waals surface area contributed by atoms with Crippen LogP contribution in [0.25, 0.3) is 0 Å². The molecule has 3 nitrogen and oxygen atoms in total. The minimum absolute atomic E-state index is 0.329. The van der Waals surface area contributed by atoms with Crippen LogP contribution in [-0.2, 0) is 4.74 Å². The van der Waals surface area contributed by atoms with Crippen LogP contribution in [0.5, 0.6) is 5.75 Å². The van der Waals surface area contributed by atoms with Gasteiger partial charge < -0.3 is 9.47 Å². The van der Waals surface area contributed by atoms with E-state index in [1.54, 1.807) is 24.3 Å². The number of hydrogen-bond acceptors (Lipinski definition) is 4. The first-order chi connectivity index (χ1) is 14.7. The van der Waals surface area contributed by atoms with E-state index in [1.165, 1.54) is 37.7 Å². The number of thiol groups is 1. The van der Waals surface area contributed by atoms with Gasteiger partial charge in [-0.25, -0.2) is 4.79 Å². The number of carbonyl (C=O) groups is 1. The second-order valence-electron chi connectivity index (χ2n) is 8.26. The molecule has 0 N–H and O–H groups in total. The lowest BCUT2D eigenvalue weighted by Gasteiger charge is -2.29. The van der Waals surface area contributed by atoms with Gasteiger partial charge in [-0.15, -0.1) is 12.6 Å². The average molecular weight is 427 g/mol. The minimum Gasteiger partial charge on any atom is -0.423 e. The van der Waals surface area contributed by atoms with Crippen LogP contribution in [0.4, 0.5) is 0 Å². The first kappa shape index (κ1) is 22.9. The third-order valence-electron chi connectivity index (χ3n) is 5.94. The van der Waals surface area contributed by atoms with E-state index < -0.39 is 0 Å². The Morgan fingerprint density at radius 2 is 1.57 bits per heavy atom. The predicted molar refractivity (Wildman–Crippen MR) is 125 cm³/mol. The number of rotatable bonds is 10. The summed E-state index contributed by atoms with van der Waals surface area (Å²) in [6.07, 6.45) is 11.4. The van der Waals surface area contributed by atoms with Crippen LogP contribution >= 0.6 is 12.6 Å². The molecule has 0 aromatic heterocycles. The molecule has 162 valence electrons. The Kier molecular flexibility index (Phi) is 9.28. The predicted octanol–water partition coefficient (Wildman–Crippen LogP) is 7.21. The third-order valence-corrected chi connectivity index (χ3v) is 6.24. The lowest BCUT2D eigenvalue weighted by molar-refractivity contribution is 0.0226. The zero-order valence-electron chi connectivity index (χ0n) is 18.0. The van der Waals surface area contributed by atoms with Gasteiger partial charge in [0.25, 0.3) is 0 Å². The number of benzene rings is 2. The minimum atomic E-state index is -0.329. The molecule has 0 bridgehead atoms. The fourth-order valence-corrected chi connectivity index (χ4v) is 4.24. The van der Waals surface area contributed by atoms with Crippen molar-refractivity contribution < 1.29 is 14.3 Å². The molecule has 4 heteroatoms. The van der Waals surface area contributed by atoms with Crippen molar-refractivity contribution >= 4 is 18.6 Å². The number of hydrogen-bond donors (Lipinski definition) is 1. The molecule has 1 saturated carbocycles. The van der Waals surface area contributed by atoms with Crippen molar-refractivity contribution in [3.63, 3.8) is 0 Å². The lowest BCUT2D eigenvalue weighted by atomic mass is 9.82. The van der Waals surface area contributed by atoms with Crippen molar-refractivity contribution in [3.8, 4) is 5.75 Å². The summed E-state index contributed by atoms with van der Waals surface area (Å²) < 4.78 is 11.5. The highest BCUT2D eigenvalue weighted by molar-refractivity contribution is 7.80. The highest BCUT2D eigenvalue weighted by Gasteiger charge is 2.23.